The molecule has 1 amide bonds. The van der Waals surface area contributed by atoms with Gasteiger partial charge in [-0.15, -0.1) is 0 Å². The van der Waals surface area contributed by atoms with Crippen LogP contribution in [0.25, 0.3) is 6.08 Å². The minimum absolute atomic E-state index is 0.0163. The first-order chi connectivity index (χ1) is 14.2. The Morgan fingerprint density at radius 1 is 1.24 bits per heavy atom. The standard InChI is InChI=1S/C23H24N4O2/c1-17-5-2-11-25-23(17)26-21-15-18(10-12-24-21)19-6-3-13-27(16-19)22(28)9-8-20-7-4-14-29-20/h2,4-5,7-12,14-15,19H,3,6,13,16H2,1H3,(H,24,25,26)/b9-8+/t19-/m0/s1. The first kappa shape index (κ1) is 18.9. The van der Waals surface area contributed by atoms with Crippen molar-refractivity contribution in [2.45, 2.75) is 25.7 Å². The Morgan fingerprint density at radius 3 is 3.00 bits per heavy atom. The number of aromatic nitrogens is 2. The van der Waals surface area contributed by atoms with Crippen molar-refractivity contribution >= 4 is 23.6 Å². The molecule has 3 aromatic heterocycles. The van der Waals surface area contributed by atoms with Crippen molar-refractivity contribution in [3.05, 3.63) is 78.0 Å². The van der Waals surface area contributed by atoms with E-state index in [1.54, 1.807) is 24.6 Å². The molecule has 29 heavy (non-hydrogen) atoms. The summed E-state index contributed by atoms with van der Waals surface area (Å²) in [4.78, 5) is 23.3. The lowest BCUT2D eigenvalue weighted by atomic mass is 9.91. The Bertz CT molecular complexity index is 998. The van der Waals surface area contributed by atoms with Gasteiger partial charge in [0.15, 0.2) is 0 Å². The predicted molar refractivity (Wildman–Crippen MR) is 113 cm³/mol. The molecule has 1 saturated heterocycles. The number of pyridine rings is 2. The number of nitrogens with zero attached hydrogens (tertiary/aromatic N) is 3. The Balaban J connectivity index is 1.44. The molecular weight excluding hydrogens is 364 g/mol. The molecule has 0 aliphatic carbocycles. The van der Waals surface area contributed by atoms with Gasteiger partial charge in [0.05, 0.1) is 6.26 Å². The van der Waals surface area contributed by atoms with Crippen LogP contribution in [0.4, 0.5) is 11.6 Å². The van der Waals surface area contributed by atoms with Gasteiger partial charge < -0.3 is 14.6 Å². The van der Waals surface area contributed by atoms with Crippen LogP contribution in [0.1, 0.15) is 35.6 Å². The van der Waals surface area contributed by atoms with E-state index in [9.17, 15) is 4.79 Å². The van der Waals surface area contributed by atoms with Gasteiger partial charge in [0.25, 0.3) is 0 Å². The highest BCUT2D eigenvalue weighted by molar-refractivity contribution is 5.91. The minimum Gasteiger partial charge on any atom is -0.465 e. The molecule has 1 atom stereocenters. The van der Waals surface area contributed by atoms with Crippen molar-refractivity contribution in [3.63, 3.8) is 0 Å². The highest BCUT2D eigenvalue weighted by atomic mass is 16.3. The first-order valence-corrected chi connectivity index (χ1v) is 9.84. The summed E-state index contributed by atoms with van der Waals surface area (Å²) in [6, 6.07) is 11.7. The Hall–Kier alpha value is -3.41. The van der Waals surface area contributed by atoms with Crippen molar-refractivity contribution in [3.8, 4) is 0 Å². The van der Waals surface area contributed by atoms with E-state index < -0.39 is 0 Å². The fourth-order valence-electron chi connectivity index (χ4n) is 3.60. The number of piperidine rings is 1. The van der Waals surface area contributed by atoms with Crippen molar-refractivity contribution in [2.75, 3.05) is 18.4 Å². The summed E-state index contributed by atoms with van der Waals surface area (Å²) >= 11 is 0. The lowest BCUT2D eigenvalue weighted by molar-refractivity contribution is -0.127. The maximum atomic E-state index is 12.6. The molecule has 4 rings (SSSR count). The summed E-state index contributed by atoms with van der Waals surface area (Å²) < 4.78 is 5.26. The SMILES string of the molecule is Cc1cccnc1Nc1cc([C@H]2CCCN(C(=O)/C=C/c3ccco3)C2)ccn1. The number of aryl methyl sites for hydroxylation is 1. The maximum absolute atomic E-state index is 12.6. The van der Waals surface area contributed by atoms with Gasteiger partial charge in [0, 0.05) is 37.5 Å². The van der Waals surface area contributed by atoms with Gasteiger partial charge in [0.1, 0.15) is 17.4 Å². The van der Waals surface area contributed by atoms with E-state index in [1.807, 2.05) is 48.4 Å². The van der Waals surface area contributed by atoms with Crippen LogP contribution < -0.4 is 5.32 Å². The molecule has 0 bridgehead atoms. The molecule has 4 heterocycles. The van der Waals surface area contributed by atoms with Crippen LogP contribution in [0.2, 0.25) is 0 Å². The number of carbonyl (C=O) groups is 1. The normalized spacial score (nSPS) is 16.9. The number of nitrogens with one attached hydrogen (secondary N) is 1. The van der Waals surface area contributed by atoms with Gasteiger partial charge in [-0.05, 0) is 67.3 Å². The predicted octanol–water partition coefficient (Wildman–Crippen LogP) is 4.54. The van der Waals surface area contributed by atoms with Crippen LogP contribution in [0, 0.1) is 6.92 Å². The lowest BCUT2D eigenvalue weighted by Crippen LogP contribution is -2.38. The number of amides is 1. The summed E-state index contributed by atoms with van der Waals surface area (Å²) in [6.07, 6.45) is 10.5. The van der Waals surface area contributed by atoms with Gasteiger partial charge in [-0.3, -0.25) is 4.79 Å². The number of furan rings is 1. The summed E-state index contributed by atoms with van der Waals surface area (Å²) in [6.45, 7) is 3.49. The summed E-state index contributed by atoms with van der Waals surface area (Å²) in [5, 5.41) is 3.30. The quantitative estimate of drug-likeness (QED) is 0.650. The monoisotopic (exact) mass is 388 g/mol. The van der Waals surface area contributed by atoms with E-state index in [2.05, 4.69) is 21.4 Å². The topological polar surface area (TPSA) is 71.3 Å². The largest absolute Gasteiger partial charge is 0.465 e. The van der Waals surface area contributed by atoms with Crippen molar-refractivity contribution in [2.24, 2.45) is 0 Å². The van der Waals surface area contributed by atoms with Crippen LogP contribution in [-0.2, 0) is 4.79 Å². The van der Waals surface area contributed by atoms with Crippen molar-refractivity contribution < 1.29 is 9.21 Å². The second-order valence-electron chi connectivity index (χ2n) is 7.24. The lowest BCUT2D eigenvalue weighted by Gasteiger charge is -2.32. The Kier molecular flexibility index (Phi) is 5.70. The molecule has 0 spiro atoms. The Morgan fingerprint density at radius 2 is 2.17 bits per heavy atom. The molecule has 148 valence electrons. The van der Waals surface area contributed by atoms with Gasteiger partial charge >= 0.3 is 0 Å². The molecule has 1 aliphatic heterocycles. The third-order valence-corrected chi connectivity index (χ3v) is 5.18. The summed E-state index contributed by atoms with van der Waals surface area (Å²) in [5.41, 5.74) is 2.25. The zero-order valence-corrected chi connectivity index (χ0v) is 16.4. The second-order valence-corrected chi connectivity index (χ2v) is 7.24. The third kappa shape index (κ3) is 4.71. The zero-order chi connectivity index (χ0) is 20.1. The van der Waals surface area contributed by atoms with Gasteiger partial charge in [0.2, 0.25) is 5.91 Å². The van der Waals surface area contributed by atoms with E-state index in [-0.39, 0.29) is 11.8 Å². The van der Waals surface area contributed by atoms with E-state index in [0.29, 0.717) is 12.3 Å². The van der Waals surface area contributed by atoms with Crippen LogP contribution in [-0.4, -0.2) is 33.9 Å². The van der Waals surface area contributed by atoms with Gasteiger partial charge in [-0.25, -0.2) is 9.97 Å². The fourth-order valence-corrected chi connectivity index (χ4v) is 3.60. The number of carbonyl (C=O) groups excluding carboxylic acids is 1. The van der Waals surface area contributed by atoms with Gasteiger partial charge in [-0.2, -0.15) is 0 Å². The van der Waals surface area contributed by atoms with Crippen LogP contribution in [0.5, 0.6) is 0 Å². The maximum Gasteiger partial charge on any atom is 0.246 e. The molecular formula is C23H24N4O2. The van der Waals surface area contributed by atoms with Crippen LogP contribution >= 0.6 is 0 Å². The summed E-state index contributed by atoms with van der Waals surface area (Å²) in [5.74, 6) is 2.56. The van der Waals surface area contributed by atoms with E-state index in [4.69, 9.17) is 4.42 Å². The molecule has 0 unspecified atom stereocenters. The van der Waals surface area contributed by atoms with Crippen LogP contribution in [0.3, 0.4) is 0 Å². The summed E-state index contributed by atoms with van der Waals surface area (Å²) in [7, 11) is 0. The first-order valence-electron chi connectivity index (χ1n) is 9.84. The zero-order valence-electron chi connectivity index (χ0n) is 16.4. The fraction of sp³-hybridized carbons (Fsp3) is 0.261. The second kappa shape index (κ2) is 8.73. The number of hydrogen-bond donors (Lipinski definition) is 1. The average Bonchev–Trinajstić information content (AvgIpc) is 3.28. The number of anilines is 2. The number of hydrogen-bond acceptors (Lipinski definition) is 5. The molecule has 6 heteroatoms. The van der Waals surface area contributed by atoms with Gasteiger partial charge in [-0.1, -0.05) is 6.07 Å². The molecule has 0 saturated carbocycles. The smallest absolute Gasteiger partial charge is 0.246 e. The number of likely N-dealkylation sites (tertiary alicyclic amines) is 1. The molecule has 0 aromatic carbocycles. The molecule has 1 N–H and O–H groups in total. The molecule has 6 nitrogen and oxygen atoms in total. The van der Waals surface area contributed by atoms with Crippen molar-refractivity contribution in [1.29, 1.82) is 0 Å². The Labute approximate surface area is 170 Å². The van der Waals surface area contributed by atoms with E-state index in [1.165, 1.54) is 5.56 Å². The molecule has 1 aliphatic rings. The van der Waals surface area contributed by atoms with E-state index in [0.717, 1.165) is 36.6 Å². The van der Waals surface area contributed by atoms with E-state index >= 15 is 0 Å². The minimum atomic E-state index is 0.0163. The number of rotatable bonds is 5. The third-order valence-electron chi connectivity index (χ3n) is 5.18. The molecule has 0 radical (unpaired) electrons. The van der Waals surface area contributed by atoms with Crippen LogP contribution in [0.15, 0.2) is 65.5 Å². The highest BCUT2D eigenvalue weighted by Gasteiger charge is 2.24. The highest BCUT2D eigenvalue weighted by Crippen LogP contribution is 2.29. The molecule has 3 aromatic rings. The average molecular weight is 388 g/mol. The van der Waals surface area contributed by atoms with Crippen molar-refractivity contribution in [1.82, 2.24) is 14.9 Å². The molecule has 1 fully saturated rings.